The topological polar surface area (TPSA) is 85.9 Å². The third kappa shape index (κ3) is 6.50. The number of rotatable bonds is 10. The number of carbonyl (C=O) groups is 2. The quantitative estimate of drug-likeness (QED) is 0.484. The highest BCUT2D eigenvalue weighted by Crippen LogP contribution is 2.25. The monoisotopic (exact) mass is 386 g/mol. The lowest BCUT2D eigenvalue weighted by atomic mass is 10.2. The Morgan fingerprint density at radius 2 is 1.54 bits per heavy atom. The summed E-state index contributed by atoms with van der Waals surface area (Å²) >= 11 is 0. The standard InChI is InChI=1S/C21H26N2O5/c1-3-4-9-14-27-17-11-6-5-10-16(17)21(25)23-22-20(24)15-28-19-13-8-7-12-18(19)26-2/h5-8,10-13H,3-4,9,14-15H2,1-2H3,(H,22,24)(H,23,25). The van der Waals surface area contributed by atoms with Crippen molar-refractivity contribution >= 4 is 11.8 Å². The number of ether oxygens (including phenoxy) is 3. The minimum atomic E-state index is -0.499. The smallest absolute Gasteiger partial charge is 0.276 e. The molecule has 7 heteroatoms. The average Bonchev–Trinajstić information content (AvgIpc) is 2.74. The normalized spacial score (nSPS) is 10.1. The molecule has 0 radical (unpaired) electrons. The Morgan fingerprint density at radius 1 is 0.857 bits per heavy atom. The molecule has 2 amide bonds. The van der Waals surface area contributed by atoms with Crippen molar-refractivity contribution in [3.63, 3.8) is 0 Å². The van der Waals surface area contributed by atoms with Crippen molar-refractivity contribution in [3.05, 3.63) is 54.1 Å². The molecule has 0 spiro atoms. The lowest BCUT2D eigenvalue weighted by Gasteiger charge is -2.13. The molecular formula is C21H26N2O5. The van der Waals surface area contributed by atoms with E-state index in [1.165, 1.54) is 7.11 Å². The second kappa shape index (κ2) is 11.5. The molecule has 2 aromatic rings. The summed E-state index contributed by atoms with van der Waals surface area (Å²) in [5.74, 6) is 0.485. The van der Waals surface area contributed by atoms with Gasteiger partial charge in [-0.3, -0.25) is 20.4 Å². The number of hydrazine groups is 1. The van der Waals surface area contributed by atoms with E-state index in [4.69, 9.17) is 14.2 Å². The molecule has 0 heterocycles. The van der Waals surface area contributed by atoms with E-state index in [1.807, 2.05) is 0 Å². The van der Waals surface area contributed by atoms with Crippen molar-refractivity contribution in [3.8, 4) is 17.2 Å². The van der Waals surface area contributed by atoms with Crippen molar-refractivity contribution in [2.45, 2.75) is 26.2 Å². The van der Waals surface area contributed by atoms with Gasteiger partial charge < -0.3 is 14.2 Å². The SMILES string of the molecule is CCCCCOc1ccccc1C(=O)NNC(=O)COc1ccccc1OC. The van der Waals surface area contributed by atoms with E-state index in [-0.39, 0.29) is 6.61 Å². The van der Waals surface area contributed by atoms with Crippen LogP contribution < -0.4 is 25.1 Å². The molecule has 0 saturated carbocycles. The van der Waals surface area contributed by atoms with E-state index in [9.17, 15) is 9.59 Å². The van der Waals surface area contributed by atoms with Gasteiger partial charge in [0.05, 0.1) is 19.3 Å². The summed E-state index contributed by atoms with van der Waals surface area (Å²) in [7, 11) is 1.52. The molecule has 7 nitrogen and oxygen atoms in total. The van der Waals surface area contributed by atoms with Crippen LogP contribution in [0.15, 0.2) is 48.5 Å². The van der Waals surface area contributed by atoms with E-state index in [1.54, 1.807) is 48.5 Å². The van der Waals surface area contributed by atoms with E-state index in [2.05, 4.69) is 17.8 Å². The summed E-state index contributed by atoms with van der Waals surface area (Å²) in [6.45, 7) is 2.38. The van der Waals surface area contributed by atoms with Crippen molar-refractivity contribution in [2.75, 3.05) is 20.3 Å². The Kier molecular flexibility index (Phi) is 8.65. The second-order valence-corrected chi connectivity index (χ2v) is 5.99. The second-order valence-electron chi connectivity index (χ2n) is 5.99. The van der Waals surface area contributed by atoms with E-state index < -0.39 is 11.8 Å². The summed E-state index contributed by atoms with van der Waals surface area (Å²) in [6, 6.07) is 13.9. The molecule has 2 aromatic carbocycles. The summed E-state index contributed by atoms with van der Waals surface area (Å²) < 4.78 is 16.3. The third-order valence-electron chi connectivity index (χ3n) is 3.88. The van der Waals surface area contributed by atoms with Crippen molar-refractivity contribution < 1.29 is 23.8 Å². The molecule has 0 aliphatic rings. The number of carbonyl (C=O) groups excluding carboxylic acids is 2. The van der Waals surface area contributed by atoms with Crippen molar-refractivity contribution in [2.24, 2.45) is 0 Å². The highest BCUT2D eigenvalue weighted by atomic mass is 16.5. The van der Waals surface area contributed by atoms with Gasteiger partial charge in [-0.05, 0) is 30.7 Å². The maximum Gasteiger partial charge on any atom is 0.276 e. The van der Waals surface area contributed by atoms with Crippen LogP contribution in [0.5, 0.6) is 17.2 Å². The zero-order valence-corrected chi connectivity index (χ0v) is 16.2. The van der Waals surface area contributed by atoms with Crippen LogP contribution in [0.1, 0.15) is 36.5 Å². The van der Waals surface area contributed by atoms with Gasteiger partial charge in [-0.2, -0.15) is 0 Å². The maximum absolute atomic E-state index is 12.4. The highest BCUT2D eigenvalue weighted by Gasteiger charge is 2.13. The number of unbranched alkanes of at least 4 members (excludes halogenated alkanes) is 2. The van der Waals surface area contributed by atoms with Gasteiger partial charge in [0.25, 0.3) is 11.8 Å². The molecule has 0 aliphatic carbocycles. The number of methoxy groups -OCH3 is 1. The maximum atomic E-state index is 12.4. The van der Waals surface area contributed by atoms with E-state index in [0.717, 1.165) is 19.3 Å². The predicted octanol–water partition coefficient (Wildman–Crippen LogP) is 3.10. The lowest BCUT2D eigenvalue weighted by Crippen LogP contribution is -2.44. The highest BCUT2D eigenvalue weighted by molar-refractivity contribution is 5.97. The van der Waals surface area contributed by atoms with Gasteiger partial charge in [-0.15, -0.1) is 0 Å². The first-order valence-corrected chi connectivity index (χ1v) is 9.22. The Morgan fingerprint density at radius 3 is 2.25 bits per heavy atom. The Labute approximate surface area is 165 Å². The van der Waals surface area contributed by atoms with Gasteiger partial charge in [0, 0.05) is 0 Å². The fraction of sp³-hybridized carbons (Fsp3) is 0.333. The van der Waals surface area contributed by atoms with Gasteiger partial charge >= 0.3 is 0 Å². The molecule has 0 saturated heterocycles. The van der Waals surface area contributed by atoms with Gasteiger partial charge in [0.2, 0.25) is 0 Å². The zero-order valence-electron chi connectivity index (χ0n) is 16.2. The molecular weight excluding hydrogens is 360 g/mol. The first-order valence-electron chi connectivity index (χ1n) is 9.22. The Hall–Kier alpha value is -3.22. The first kappa shape index (κ1) is 21.1. The summed E-state index contributed by atoms with van der Waals surface area (Å²) in [5, 5.41) is 0. The fourth-order valence-electron chi connectivity index (χ4n) is 2.43. The van der Waals surface area contributed by atoms with Crippen LogP contribution >= 0.6 is 0 Å². The van der Waals surface area contributed by atoms with E-state index >= 15 is 0 Å². The van der Waals surface area contributed by atoms with E-state index in [0.29, 0.717) is 29.4 Å². The molecule has 150 valence electrons. The van der Waals surface area contributed by atoms with Crippen molar-refractivity contribution in [1.29, 1.82) is 0 Å². The lowest BCUT2D eigenvalue weighted by molar-refractivity contribution is -0.123. The van der Waals surface area contributed by atoms with Gasteiger partial charge in [-0.1, -0.05) is 44.0 Å². The van der Waals surface area contributed by atoms with Crippen LogP contribution in [-0.2, 0) is 4.79 Å². The molecule has 28 heavy (non-hydrogen) atoms. The number of nitrogens with one attached hydrogen (secondary N) is 2. The fourth-order valence-corrected chi connectivity index (χ4v) is 2.43. The van der Waals surface area contributed by atoms with Gasteiger partial charge in [0.15, 0.2) is 18.1 Å². The molecule has 0 unspecified atom stereocenters. The van der Waals surface area contributed by atoms with Crippen LogP contribution in [-0.4, -0.2) is 32.1 Å². The van der Waals surface area contributed by atoms with Crippen LogP contribution in [0.25, 0.3) is 0 Å². The molecule has 0 aliphatic heterocycles. The molecule has 2 rings (SSSR count). The minimum Gasteiger partial charge on any atom is -0.493 e. The van der Waals surface area contributed by atoms with Crippen LogP contribution in [0.3, 0.4) is 0 Å². The molecule has 0 fully saturated rings. The molecule has 0 atom stereocenters. The van der Waals surface area contributed by atoms with Crippen LogP contribution in [0, 0.1) is 0 Å². The average molecular weight is 386 g/mol. The van der Waals surface area contributed by atoms with Gasteiger partial charge in [0.1, 0.15) is 5.75 Å². The molecule has 2 N–H and O–H groups in total. The summed E-state index contributed by atoms with van der Waals surface area (Å²) in [6.07, 6.45) is 3.08. The van der Waals surface area contributed by atoms with Crippen LogP contribution in [0.2, 0.25) is 0 Å². The number of hydrogen-bond acceptors (Lipinski definition) is 5. The first-order chi connectivity index (χ1) is 13.7. The Bertz CT molecular complexity index is 779. The van der Waals surface area contributed by atoms with Crippen molar-refractivity contribution in [1.82, 2.24) is 10.9 Å². The predicted molar refractivity (Wildman–Crippen MR) is 106 cm³/mol. The minimum absolute atomic E-state index is 0.268. The number of amides is 2. The number of benzene rings is 2. The summed E-state index contributed by atoms with van der Waals surface area (Å²) in [4.78, 5) is 24.3. The third-order valence-corrected chi connectivity index (χ3v) is 3.88. The number of hydrogen-bond donors (Lipinski definition) is 2. The largest absolute Gasteiger partial charge is 0.493 e. The Balaban J connectivity index is 1.83. The molecule has 0 bridgehead atoms. The molecule has 0 aromatic heterocycles. The zero-order chi connectivity index (χ0) is 20.2. The van der Waals surface area contributed by atoms with Gasteiger partial charge in [-0.25, -0.2) is 0 Å². The summed E-state index contributed by atoms with van der Waals surface area (Å²) in [5.41, 5.74) is 5.06. The van der Waals surface area contributed by atoms with Crippen LogP contribution in [0.4, 0.5) is 0 Å². The number of para-hydroxylation sites is 3.